The van der Waals surface area contributed by atoms with Crippen molar-refractivity contribution in [1.82, 2.24) is 10.6 Å². The number of ether oxygens (including phenoxy) is 3. The van der Waals surface area contributed by atoms with Gasteiger partial charge in [0.25, 0.3) is 5.91 Å². The Morgan fingerprint density at radius 2 is 1.76 bits per heavy atom. The molecule has 1 aromatic carbocycles. The number of hydrogen-bond donors (Lipinski definition) is 2. The van der Waals surface area contributed by atoms with Gasteiger partial charge in [0.05, 0.1) is 13.7 Å². The number of nitrogens with one attached hydrogen (secondary N) is 2. The third-order valence-electron chi connectivity index (χ3n) is 3.10. The number of hydrogen-bond acceptors (Lipinski definition) is 6. The number of carbonyl (C=O) groups excluding carboxylic acids is 3. The van der Waals surface area contributed by atoms with E-state index in [0.29, 0.717) is 25.3 Å². The van der Waals surface area contributed by atoms with E-state index in [1.807, 2.05) is 0 Å². The highest BCUT2D eigenvalue weighted by molar-refractivity contribution is 5.97. The van der Waals surface area contributed by atoms with Gasteiger partial charge in [0.15, 0.2) is 6.10 Å². The minimum Gasteiger partial charge on any atom is -0.497 e. The van der Waals surface area contributed by atoms with E-state index in [-0.39, 0.29) is 6.42 Å². The first-order valence-electron chi connectivity index (χ1n) is 8.01. The lowest BCUT2D eigenvalue weighted by molar-refractivity contribution is -0.154. The Morgan fingerprint density at radius 1 is 1.12 bits per heavy atom. The highest BCUT2D eigenvalue weighted by Crippen LogP contribution is 2.17. The van der Waals surface area contributed by atoms with Gasteiger partial charge in [-0.15, -0.1) is 0 Å². The standard InChI is InChI=1S/C17H24N2O6/c1-4-18-17(22)19-16(21)12(2)25-15(20)6-5-11-24-14-9-7-13(23-3)8-10-14/h7-10,12H,4-6,11H2,1-3H3,(H2,18,19,21,22)/t12-/m0/s1. The zero-order chi connectivity index (χ0) is 18.7. The molecule has 1 aromatic rings. The quantitative estimate of drug-likeness (QED) is 0.517. The lowest BCUT2D eigenvalue weighted by Crippen LogP contribution is -2.44. The minimum absolute atomic E-state index is 0.106. The molecular formula is C17H24N2O6. The fraction of sp³-hybridized carbons (Fsp3) is 0.471. The van der Waals surface area contributed by atoms with Crippen LogP contribution < -0.4 is 20.1 Å². The fourth-order valence-electron chi connectivity index (χ4n) is 1.81. The van der Waals surface area contributed by atoms with Gasteiger partial charge in [0, 0.05) is 13.0 Å². The SMILES string of the molecule is CCNC(=O)NC(=O)[C@H](C)OC(=O)CCCOc1ccc(OC)cc1. The molecule has 0 heterocycles. The predicted octanol–water partition coefficient (Wildman–Crippen LogP) is 1.63. The molecule has 8 heteroatoms. The molecule has 25 heavy (non-hydrogen) atoms. The lowest BCUT2D eigenvalue weighted by Gasteiger charge is -2.13. The molecule has 0 saturated carbocycles. The average molecular weight is 352 g/mol. The summed E-state index contributed by atoms with van der Waals surface area (Å²) >= 11 is 0. The largest absolute Gasteiger partial charge is 0.497 e. The molecule has 0 unspecified atom stereocenters. The van der Waals surface area contributed by atoms with Crippen molar-refractivity contribution < 1.29 is 28.6 Å². The Hall–Kier alpha value is -2.77. The van der Waals surface area contributed by atoms with Crippen molar-refractivity contribution >= 4 is 17.9 Å². The Labute approximate surface area is 146 Å². The van der Waals surface area contributed by atoms with Crippen molar-refractivity contribution in [3.8, 4) is 11.5 Å². The molecule has 138 valence electrons. The van der Waals surface area contributed by atoms with Gasteiger partial charge in [-0.25, -0.2) is 4.79 Å². The number of amides is 3. The molecule has 1 rings (SSSR count). The second-order valence-corrected chi connectivity index (χ2v) is 5.11. The van der Waals surface area contributed by atoms with Crippen molar-refractivity contribution in [3.05, 3.63) is 24.3 Å². The molecule has 0 aliphatic heterocycles. The summed E-state index contributed by atoms with van der Waals surface area (Å²) in [5.41, 5.74) is 0. The molecule has 0 spiro atoms. The molecular weight excluding hydrogens is 328 g/mol. The Kier molecular flexibility index (Phi) is 8.84. The molecule has 0 bridgehead atoms. The molecule has 0 aliphatic carbocycles. The summed E-state index contributed by atoms with van der Waals surface area (Å²) < 4.78 is 15.5. The van der Waals surface area contributed by atoms with Crippen LogP contribution in [-0.4, -0.2) is 44.3 Å². The van der Waals surface area contributed by atoms with E-state index in [0.717, 1.165) is 5.75 Å². The molecule has 2 N–H and O–H groups in total. The topological polar surface area (TPSA) is 103 Å². The maximum absolute atomic E-state index is 11.7. The van der Waals surface area contributed by atoms with Crippen LogP contribution in [0.3, 0.4) is 0 Å². The van der Waals surface area contributed by atoms with Crippen LogP contribution in [0.1, 0.15) is 26.7 Å². The minimum atomic E-state index is -1.04. The number of urea groups is 1. The summed E-state index contributed by atoms with van der Waals surface area (Å²) in [6, 6.07) is 6.47. The van der Waals surface area contributed by atoms with Crippen LogP contribution in [0.5, 0.6) is 11.5 Å². The molecule has 8 nitrogen and oxygen atoms in total. The maximum Gasteiger partial charge on any atom is 0.321 e. The predicted molar refractivity (Wildman–Crippen MR) is 90.5 cm³/mol. The van der Waals surface area contributed by atoms with Gasteiger partial charge in [-0.2, -0.15) is 0 Å². The summed E-state index contributed by atoms with van der Waals surface area (Å²) in [5.74, 6) is 0.199. The number of esters is 1. The first kappa shape index (κ1) is 20.3. The molecule has 0 aromatic heterocycles. The number of imide groups is 1. The van der Waals surface area contributed by atoms with Crippen molar-refractivity contribution in [2.45, 2.75) is 32.8 Å². The van der Waals surface area contributed by atoms with E-state index in [4.69, 9.17) is 14.2 Å². The zero-order valence-corrected chi connectivity index (χ0v) is 14.7. The summed E-state index contributed by atoms with van der Waals surface area (Å²) in [5, 5.41) is 4.50. The fourth-order valence-corrected chi connectivity index (χ4v) is 1.81. The van der Waals surface area contributed by atoms with Gasteiger partial charge in [0.1, 0.15) is 11.5 Å². The smallest absolute Gasteiger partial charge is 0.321 e. The van der Waals surface area contributed by atoms with Gasteiger partial charge < -0.3 is 19.5 Å². The first-order valence-corrected chi connectivity index (χ1v) is 8.01. The van der Waals surface area contributed by atoms with Crippen molar-refractivity contribution in [1.29, 1.82) is 0 Å². The van der Waals surface area contributed by atoms with E-state index in [9.17, 15) is 14.4 Å². The van der Waals surface area contributed by atoms with Crippen LogP contribution >= 0.6 is 0 Å². The van der Waals surface area contributed by atoms with Crippen LogP contribution in [0.15, 0.2) is 24.3 Å². The number of carbonyl (C=O) groups is 3. The van der Waals surface area contributed by atoms with Crippen LogP contribution in [0.4, 0.5) is 4.79 Å². The van der Waals surface area contributed by atoms with Crippen LogP contribution in [0.2, 0.25) is 0 Å². The Bertz CT molecular complexity index is 573. The van der Waals surface area contributed by atoms with Crippen LogP contribution in [-0.2, 0) is 14.3 Å². The summed E-state index contributed by atoms with van der Waals surface area (Å²) in [7, 11) is 1.58. The van der Waals surface area contributed by atoms with Gasteiger partial charge in [-0.1, -0.05) is 0 Å². The third kappa shape index (κ3) is 8.05. The van der Waals surface area contributed by atoms with Gasteiger partial charge in [-0.3, -0.25) is 14.9 Å². The van der Waals surface area contributed by atoms with E-state index in [1.54, 1.807) is 38.3 Å². The second-order valence-electron chi connectivity index (χ2n) is 5.11. The zero-order valence-electron chi connectivity index (χ0n) is 14.7. The van der Waals surface area contributed by atoms with Gasteiger partial charge >= 0.3 is 12.0 Å². The number of methoxy groups -OCH3 is 1. The monoisotopic (exact) mass is 352 g/mol. The van der Waals surface area contributed by atoms with Crippen LogP contribution in [0, 0.1) is 0 Å². The Balaban J connectivity index is 2.22. The van der Waals surface area contributed by atoms with E-state index in [1.165, 1.54) is 6.92 Å². The van der Waals surface area contributed by atoms with Crippen LogP contribution in [0.25, 0.3) is 0 Å². The second kappa shape index (κ2) is 10.9. The third-order valence-corrected chi connectivity index (χ3v) is 3.10. The van der Waals surface area contributed by atoms with Crippen molar-refractivity contribution in [2.75, 3.05) is 20.3 Å². The molecule has 0 fully saturated rings. The van der Waals surface area contributed by atoms with E-state index >= 15 is 0 Å². The maximum atomic E-state index is 11.7. The van der Waals surface area contributed by atoms with E-state index < -0.39 is 24.0 Å². The highest BCUT2D eigenvalue weighted by Gasteiger charge is 2.19. The van der Waals surface area contributed by atoms with Gasteiger partial charge in [-0.05, 0) is 44.5 Å². The van der Waals surface area contributed by atoms with Crippen molar-refractivity contribution in [3.63, 3.8) is 0 Å². The summed E-state index contributed by atoms with van der Waals surface area (Å²) in [6.45, 7) is 3.85. The molecule has 0 radical (unpaired) electrons. The molecule has 0 aliphatic rings. The lowest BCUT2D eigenvalue weighted by atomic mass is 10.3. The number of rotatable bonds is 9. The molecule has 1 atom stereocenters. The summed E-state index contributed by atoms with van der Waals surface area (Å²) in [6.07, 6.45) is -0.498. The first-order chi connectivity index (χ1) is 12.0. The Morgan fingerprint density at radius 3 is 2.36 bits per heavy atom. The van der Waals surface area contributed by atoms with E-state index in [2.05, 4.69) is 10.6 Å². The van der Waals surface area contributed by atoms with Crippen molar-refractivity contribution in [2.24, 2.45) is 0 Å². The summed E-state index contributed by atoms with van der Waals surface area (Å²) in [4.78, 5) is 34.6. The number of benzene rings is 1. The molecule has 0 saturated heterocycles. The average Bonchev–Trinajstić information content (AvgIpc) is 2.59. The molecule has 3 amide bonds. The van der Waals surface area contributed by atoms with Gasteiger partial charge in [0.2, 0.25) is 0 Å². The highest BCUT2D eigenvalue weighted by atomic mass is 16.5. The normalized spacial score (nSPS) is 11.2.